The zero-order chi connectivity index (χ0) is 15.4. The fraction of sp³-hybridized carbons (Fsp3) is 0.294. The van der Waals surface area contributed by atoms with Crippen molar-refractivity contribution < 1.29 is 14.3 Å². The first-order valence-corrected chi connectivity index (χ1v) is 7.74. The van der Waals surface area contributed by atoms with E-state index in [0.29, 0.717) is 10.4 Å². The van der Waals surface area contributed by atoms with Gasteiger partial charge in [-0.15, -0.1) is 11.3 Å². The highest BCUT2D eigenvalue weighted by Crippen LogP contribution is 2.23. The molecule has 0 spiro atoms. The summed E-state index contributed by atoms with van der Waals surface area (Å²) < 4.78 is 5.29. The van der Waals surface area contributed by atoms with Crippen molar-refractivity contribution in [2.24, 2.45) is 0 Å². The topological polar surface area (TPSA) is 43.4 Å². The molecule has 0 fully saturated rings. The molecule has 1 atom stereocenters. The highest BCUT2D eigenvalue weighted by atomic mass is 32.1. The van der Waals surface area contributed by atoms with Crippen molar-refractivity contribution in [3.63, 3.8) is 0 Å². The van der Waals surface area contributed by atoms with Crippen LogP contribution < -0.4 is 0 Å². The van der Waals surface area contributed by atoms with Gasteiger partial charge in [-0.1, -0.05) is 37.3 Å². The predicted octanol–water partition coefficient (Wildman–Crippen LogP) is 4.05. The number of ketones is 1. The van der Waals surface area contributed by atoms with Gasteiger partial charge in [0.15, 0.2) is 6.10 Å². The summed E-state index contributed by atoms with van der Waals surface area (Å²) in [5.74, 6) is -0.618. The Morgan fingerprint density at radius 2 is 1.90 bits per heavy atom. The van der Waals surface area contributed by atoms with Crippen molar-refractivity contribution in [2.75, 3.05) is 0 Å². The number of Topliss-reactive ketones (excluding diaryl/α,β-unsaturated/α-hetero) is 1. The van der Waals surface area contributed by atoms with Crippen LogP contribution in [-0.2, 0) is 11.2 Å². The first kappa shape index (κ1) is 15.4. The molecule has 1 aromatic carbocycles. The van der Waals surface area contributed by atoms with Gasteiger partial charge in [0, 0.05) is 10.4 Å². The Morgan fingerprint density at radius 1 is 1.24 bits per heavy atom. The molecule has 21 heavy (non-hydrogen) atoms. The minimum Gasteiger partial charge on any atom is -0.450 e. The summed E-state index contributed by atoms with van der Waals surface area (Å²) in [7, 11) is 0. The average Bonchev–Trinajstić information content (AvgIpc) is 2.88. The van der Waals surface area contributed by atoms with Gasteiger partial charge < -0.3 is 4.74 Å². The second-order valence-electron chi connectivity index (χ2n) is 4.85. The van der Waals surface area contributed by atoms with E-state index in [0.717, 1.165) is 12.0 Å². The van der Waals surface area contributed by atoms with Crippen molar-refractivity contribution in [1.82, 2.24) is 0 Å². The lowest BCUT2D eigenvalue weighted by Gasteiger charge is -2.11. The Hall–Kier alpha value is -1.94. The van der Waals surface area contributed by atoms with Gasteiger partial charge in [0.2, 0.25) is 5.78 Å². The summed E-state index contributed by atoms with van der Waals surface area (Å²) in [6.07, 6.45) is 0.106. The summed E-state index contributed by atoms with van der Waals surface area (Å²) in [6.45, 7) is 5.63. The molecule has 0 aliphatic heterocycles. The number of carbonyl (C=O) groups excluding carboxylic acids is 2. The zero-order valence-corrected chi connectivity index (χ0v) is 13.2. The second-order valence-corrected chi connectivity index (χ2v) is 5.98. The molecule has 110 valence electrons. The van der Waals surface area contributed by atoms with Crippen LogP contribution in [0.1, 0.15) is 44.3 Å². The minimum absolute atomic E-state index is 0.187. The number of rotatable bonds is 5. The van der Waals surface area contributed by atoms with Crippen LogP contribution in [0.4, 0.5) is 0 Å². The van der Waals surface area contributed by atoms with E-state index in [1.54, 1.807) is 31.2 Å². The van der Waals surface area contributed by atoms with Gasteiger partial charge in [-0.05, 0) is 31.9 Å². The van der Waals surface area contributed by atoms with Crippen molar-refractivity contribution in [1.29, 1.82) is 0 Å². The number of benzene rings is 1. The van der Waals surface area contributed by atoms with Crippen LogP contribution in [-0.4, -0.2) is 17.9 Å². The average molecular weight is 302 g/mol. The Kier molecular flexibility index (Phi) is 4.91. The molecule has 1 unspecified atom stereocenters. The fourth-order valence-electron chi connectivity index (χ4n) is 2.08. The number of esters is 1. The molecule has 1 heterocycles. The molecular formula is C17H18O3S. The number of aryl methyl sites for hydroxylation is 2. The maximum atomic E-state index is 12.2. The molecule has 0 saturated carbocycles. The van der Waals surface area contributed by atoms with E-state index >= 15 is 0 Å². The van der Waals surface area contributed by atoms with Gasteiger partial charge in [0.1, 0.15) is 4.88 Å². The smallest absolute Gasteiger partial charge is 0.349 e. The maximum absolute atomic E-state index is 12.2. The lowest BCUT2D eigenvalue weighted by Crippen LogP contribution is -2.24. The van der Waals surface area contributed by atoms with Crippen molar-refractivity contribution in [3.8, 4) is 0 Å². The third kappa shape index (κ3) is 3.58. The third-order valence-electron chi connectivity index (χ3n) is 3.25. The number of ether oxygens (including phenoxy) is 1. The van der Waals surface area contributed by atoms with Crippen LogP contribution in [0.15, 0.2) is 36.4 Å². The Bertz CT molecular complexity index is 643. The molecule has 2 rings (SSSR count). The SMILES string of the molecule is CCc1sc(C(=O)OC(C)C(=O)c2ccccc2)cc1C. The molecule has 0 radical (unpaired) electrons. The van der Waals surface area contributed by atoms with E-state index in [4.69, 9.17) is 4.74 Å². The Labute approximate surface area is 128 Å². The monoisotopic (exact) mass is 302 g/mol. The molecule has 1 aromatic heterocycles. The molecule has 2 aromatic rings. The maximum Gasteiger partial charge on any atom is 0.349 e. The fourth-order valence-corrected chi connectivity index (χ4v) is 3.08. The highest BCUT2D eigenvalue weighted by molar-refractivity contribution is 7.14. The largest absolute Gasteiger partial charge is 0.450 e. The van der Waals surface area contributed by atoms with Crippen LogP contribution in [0.25, 0.3) is 0 Å². The number of hydrogen-bond donors (Lipinski definition) is 0. The normalized spacial score (nSPS) is 12.0. The van der Waals surface area contributed by atoms with Crippen LogP contribution in [0.5, 0.6) is 0 Å². The van der Waals surface area contributed by atoms with Gasteiger partial charge in [-0.25, -0.2) is 4.79 Å². The molecule has 4 heteroatoms. The predicted molar refractivity (Wildman–Crippen MR) is 84.1 cm³/mol. The van der Waals surface area contributed by atoms with Gasteiger partial charge >= 0.3 is 5.97 Å². The minimum atomic E-state index is -0.785. The summed E-state index contributed by atoms with van der Waals surface area (Å²) in [5.41, 5.74) is 1.64. The zero-order valence-electron chi connectivity index (χ0n) is 12.4. The molecule has 3 nitrogen and oxygen atoms in total. The number of carbonyl (C=O) groups is 2. The standard InChI is InChI=1S/C17H18O3S/c1-4-14-11(2)10-15(21-14)17(19)20-12(3)16(18)13-8-6-5-7-9-13/h5-10,12H,4H2,1-3H3. The Balaban J connectivity index is 2.06. The molecule has 0 aliphatic rings. The van der Waals surface area contributed by atoms with Crippen LogP contribution in [0.3, 0.4) is 0 Å². The van der Waals surface area contributed by atoms with Gasteiger partial charge in [0.05, 0.1) is 0 Å². The molecular weight excluding hydrogens is 284 g/mol. The Morgan fingerprint density at radius 3 is 2.48 bits per heavy atom. The van der Waals surface area contributed by atoms with E-state index in [-0.39, 0.29) is 5.78 Å². The summed E-state index contributed by atoms with van der Waals surface area (Å²) in [5, 5.41) is 0. The van der Waals surface area contributed by atoms with Gasteiger partial charge in [-0.3, -0.25) is 4.79 Å². The van der Waals surface area contributed by atoms with Crippen LogP contribution in [0.2, 0.25) is 0 Å². The number of thiophene rings is 1. The van der Waals surface area contributed by atoms with Gasteiger partial charge in [0.25, 0.3) is 0 Å². The van der Waals surface area contributed by atoms with E-state index < -0.39 is 12.1 Å². The first-order valence-electron chi connectivity index (χ1n) is 6.92. The summed E-state index contributed by atoms with van der Waals surface area (Å²) in [4.78, 5) is 26.0. The van der Waals surface area contributed by atoms with E-state index in [2.05, 4.69) is 6.92 Å². The lowest BCUT2D eigenvalue weighted by molar-refractivity contribution is 0.0323. The van der Waals surface area contributed by atoms with Crippen molar-refractivity contribution in [2.45, 2.75) is 33.3 Å². The van der Waals surface area contributed by atoms with Crippen molar-refractivity contribution >= 4 is 23.1 Å². The molecule has 0 N–H and O–H groups in total. The van der Waals surface area contributed by atoms with Crippen LogP contribution in [0, 0.1) is 6.92 Å². The van der Waals surface area contributed by atoms with E-state index in [1.807, 2.05) is 19.1 Å². The van der Waals surface area contributed by atoms with Gasteiger partial charge in [-0.2, -0.15) is 0 Å². The second kappa shape index (κ2) is 6.68. The lowest BCUT2D eigenvalue weighted by atomic mass is 10.1. The van der Waals surface area contributed by atoms with E-state index in [1.165, 1.54) is 16.2 Å². The van der Waals surface area contributed by atoms with Crippen LogP contribution >= 0.6 is 11.3 Å². The van der Waals surface area contributed by atoms with Crippen molar-refractivity contribution in [3.05, 3.63) is 57.3 Å². The molecule has 0 bridgehead atoms. The summed E-state index contributed by atoms with van der Waals surface area (Å²) >= 11 is 1.43. The number of hydrogen-bond acceptors (Lipinski definition) is 4. The summed E-state index contributed by atoms with van der Waals surface area (Å²) in [6, 6.07) is 10.7. The quantitative estimate of drug-likeness (QED) is 0.618. The molecule has 0 saturated heterocycles. The third-order valence-corrected chi connectivity index (χ3v) is 4.62. The molecule has 0 amide bonds. The highest BCUT2D eigenvalue weighted by Gasteiger charge is 2.21. The molecule has 0 aliphatic carbocycles. The first-order chi connectivity index (χ1) is 10.0. The van der Waals surface area contributed by atoms with E-state index in [9.17, 15) is 9.59 Å².